The van der Waals surface area contributed by atoms with Crippen LogP contribution in [0.15, 0.2) is 127 Å². The highest BCUT2D eigenvalue weighted by molar-refractivity contribution is 6.00. The number of nitro benzene ring substituents is 1. The number of para-hydroxylation sites is 1. The highest BCUT2D eigenvalue weighted by Crippen LogP contribution is 2.44. The summed E-state index contributed by atoms with van der Waals surface area (Å²) in [5.74, 6) is -0.592. The van der Waals surface area contributed by atoms with Crippen molar-refractivity contribution in [2.24, 2.45) is 0 Å². The van der Waals surface area contributed by atoms with E-state index in [9.17, 15) is 14.9 Å². The molecule has 0 saturated carbocycles. The molecule has 9 nitrogen and oxygen atoms in total. The SMILES string of the molecule is CC(C)(C)c1cc(-c2c3nc(c(-c4cc(C(C)(C)C)cc(C(C)(C)C)c4)c4ccc([nH]4)c(-c4cc(C(C)(C)C)cc(C(C)(C)C)c4)c4nc(c(-c5ccc(C(=O)OCc6ccccc6[N+](=O)[O-])cc5)c5ccc2[nH]5)C=C4)C=C3)cc(C(C)(C)C)c1. The standard InChI is InChI=1S/C76H83N5O4/c1-71(2,3)51-35-48(36-52(41-51)72(4,5)6)67-59-29-27-57(77-59)66(45-23-25-46(26-24-45)70(82)85-44-47-21-19-20-22-65(47)81(83)84)58-28-30-60(78-58)68(49-37-53(73(7,8)9)42-54(38-49)74(10,11)12)62-32-34-64(80-62)69(63-33-31-61(67)79-63)50-39-55(75(13,14)15)43-56(40-50)76(16,17)18/h19-43,77,80H,44H2,1-18H3. The highest BCUT2D eigenvalue weighted by Gasteiger charge is 2.28. The molecular formula is C76H83N5O4. The van der Waals surface area contributed by atoms with Gasteiger partial charge in [-0.3, -0.25) is 10.1 Å². The minimum Gasteiger partial charge on any atom is -0.457 e. The van der Waals surface area contributed by atoms with Crippen molar-refractivity contribution in [1.29, 1.82) is 0 Å². The van der Waals surface area contributed by atoms with Gasteiger partial charge in [-0.2, -0.15) is 0 Å². The Morgan fingerprint density at radius 3 is 1.00 bits per heavy atom. The Morgan fingerprint density at radius 1 is 0.412 bits per heavy atom. The molecule has 0 fully saturated rings. The molecule has 10 rings (SSSR count). The van der Waals surface area contributed by atoms with E-state index in [1.54, 1.807) is 30.3 Å². The number of benzene rings is 5. The van der Waals surface area contributed by atoms with Gasteiger partial charge in [0.2, 0.25) is 0 Å². The van der Waals surface area contributed by atoms with Gasteiger partial charge in [-0.15, -0.1) is 0 Å². The first-order valence-corrected chi connectivity index (χ1v) is 29.8. The van der Waals surface area contributed by atoms with Gasteiger partial charge in [-0.05, 0) is 155 Å². The second-order valence-electron chi connectivity index (χ2n) is 29.4. The van der Waals surface area contributed by atoms with E-state index in [1.165, 1.54) is 39.4 Å². The summed E-state index contributed by atoms with van der Waals surface area (Å²) in [5.41, 5.74) is 21.5. The topological polar surface area (TPSA) is 127 Å². The summed E-state index contributed by atoms with van der Waals surface area (Å²) in [6.45, 7) is 40.8. The number of fused-ring (bicyclic) bond motifs is 8. The third-order valence-corrected chi connectivity index (χ3v) is 16.6. The Labute approximate surface area is 503 Å². The molecule has 5 heterocycles. The molecule has 2 aliphatic heterocycles. The third-order valence-electron chi connectivity index (χ3n) is 16.6. The molecule has 0 amide bonds. The number of nitrogens with one attached hydrogen (secondary N) is 2. The van der Waals surface area contributed by atoms with E-state index in [0.29, 0.717) is 11.1 Å². The number of hydrogen-bond acceptors (Lipinski definition) is 6. The predicted molar refractivity (Wildman–Crippen MR) is 355 cm³/mol. The fraction of sp³-hybridized carbons (Fsp3) is 0.329. The van der Waals surface area contributed by atoms with Crippen molar-refractivity contribution in [1.82, 2.24) is 19.9 Å². The lowest BCUT2D eigenvalue weighted by Gasteiger charge is -2.26. The molecule has 0 aliphatic carbocycles. The summed E-state index contributed by atoms with van der Waals surface area (Å²) in [6.07, 6.45) is 8.60. The van der Waals surface area contributed by atoms with Gasteiger partial charge in [0.25, 0.3) is 5.69 Å². The van der Waals surface area contributed by atoms with Crippen molar-refractivity contribution < 1.29 is 14.5 Å². The number of nitrogens with zero attached hydrogens (tertiary/aromatic N) is 3. The Hall–Kier alpha value is -8.43. The molecule has 8 aromatic rings. The highest BCUT2D eigenvalue weighted by atomic mass is 16.6. The predicted octanol–water partition coefficient (Wildman–Crippen LogP) is 20.4. The minimum atomic E-state index is -0.592. The molecule has 5 aromatic carbocycles. The van der Waals surface area contributed by atoms with Crippen LogP contribution in [0.25, 0.3) is 90.9 Å². The van der Waals surface area contributed by atoms with Crippen molar-refractivity contribution in [3.8, 4) is 44.5 Å². The second kappa shape index (κ2) is 21.6. The van der Waals surface area contributed by atoms with Crippen molar-refractivity contribution in [2.45, 2.75) is 164 Å². The number of carbonyl (C=O) groups is 1. The summed E-state index contributed by atoms with van der Waals surface area (Å²) in [4.78, 5) is 44.5. The van der Waals surface area contributed by atoms with Crippen LogP contribution in [-0.2, 0) is 43.8 Å². The van der Waals surface area contributed by atoms with Gasteiger partial charge in [-0.25, -0.2) is 14.8 Å². The monoisotopic (exact) mass is 1130 g/mol. The van der Waals surface area contributed by atoms with E-state index in [1.807, 2.05) is 12.1 Å². The van der Waals surface area contributed by atoms with Crippen LogP contribution in [0, 0.1) is 10.1 Å². The number of aromatic amines is 2. The van der Waals surface area contributed by atoms with Crippen LogP contribution in [0.4, 0.5) is 5.69 Å². The molecule has 8 bridgehead atoms. The number of aromatic nitrogens is 4. The van der Waals surface area contributed by atoms with Crippen LogP contribution in [0.3, 0.4) is 0 Å². The normalized spacial score (nSPS) is 13.2. The van der Waals surface area contributed by atoms with E-state index in [-0.39, 0.29) is 44.8 Å². The zero-order chi connectivity index (χ0) is 61.5. The Morgan fingerprint density at radius 2 is 0.706 bits per heavy atom. The lowest BCUT2D eigenvalue weighted by molar-refractivity contribution is -0.385. The first-order chi connectivity index (χ1) is 39.6. The number of H-pyrrole nitrogens is 2. The van der Waals surface area contributed by atoms with Gasteiger partial charge in [-0.1, -0.05) is 203 Å². The van der Waals surface area contributed by atoms with Crippen LogP contribution in [-0.4, -0.2) is 30.8 Å². The van der Waals surface area contributed by atoms with Crippen LogP contribution in [0.5, 0.6) is 0 Å². The fourth-order valence-corrected chi connectivity index (χ4v) is 11.1. The maximum atomic E-state index is 13.7. The number of nitro groups is 1. The van der Waals surface area contributed by atoms with E-state index >= 15 is 0 Å². The molecule has 0 radical (unpaired) electrons. The van der Waals surface area contributed by atoms with Gasteiger partial charge >= 0.3 is 5.97 Å². The van der Waals surface area contributed by atoms with E-state index < -0.39 is 10.9 Å². The molecule has 2 aliphatic rings. The maximum absolute atomic E-state index is 13.7. The number of carbonyl (C=O) groups excluding carboxylic acids is 1. The largest absolute Gasteiger partial charge is 0.457 e. The molecule has 85 heavy (non-hydrogen) atoms. The Kier molecular flexibility index (Phi) is 15.2. The van der Waals surface area contributed by atoms with E-state index in [0.717, 1.165) is 89.4 Å². The fourth-order valence-electron chi connectivity index (χ4n) is 11.1. The number of rotatable bonds is 8. The van der Waals surface area contributed by atoms with Crippen molar-refractivity contribution in [2.75, 3.05) is 0 Å². The van der Waals surface area contributed by atoms with Crippen LogP contribution >= 0.6 is 0 Å². The average molecular weight is 1130 g/mol. The Balaban J connectivity index is 1.34. The van der Waals surface area contributed by atoms with Crippen molar-refractivity contribution in [3.63, 3.8) is 0 Å². The summed E-state index contributed by atoms with van der Waals surface area (Å²) in [6, 6.07) is 43.5. The smallest absolute Gasteiger partial charge is 0.338 e. The van der Waals surface area contributed by atoms with Crippen molar-refractivity contribution >= 4 is 58.0 Å². The molecule has 436 valence electrons. The quantitative estimate of drug-likeness (QED) is 0.0886. The van der Waals surface area contributed by atoms with Gasteiger partial charge in [0.15, 0.2) is 0 Å². The van der Waals surface area contributed by atoms with Gasteiger partial charge in [0.1, 0.15) is 6.61 Å². The molecule has 0 spiro atoms. The zero-order valence-corrected chi connectivity index (χ0v) is 53.1. The third kappa shape index (κ3) is 12.4. The van der Waals surface area contributed by atoms with Gasteiger partial charge in [0, 0.05) is 50.4 Å². The number of esters is 1. The lowest BCUT2D eigenvalue weighted by Crippen LogP contribution is -2.16. The summed E-state index contributed by atoms with van der Waals surface area (Å²) < 4.78 is 5.70. The lowest BCUT2D eigenvalue weighted by atomic mass is 9.78. The summed E-state index contributed by atoms with van der Waals surface area (Å²) >= 11 is 0. The van der Waals surface area contributed by atoms with E-state index in [2.05, 4.69) is 238 Å². The average Bonchev–Trinajstić information content (AvgIpc) is 1.97. The summed E-state index contributed by atoms with van der Waals surface area (Å²) in [7, 11) is 0. The van der Waals surface area contributed by atoms with Gasteiger partial charge in [0.05, 0.1) is 38.8 Å². The molecule has 9 heteroatoms. The molecule has 3 aromatic heterocycles. The van der Waals surface area contributed by atoms with Crippen LogP contribution in [0.2, 0.25) is 0 Å². The Bertz CT molecular complexity index is 4050. The van der Waals surface area contributed by atoms with Gasteiger partial charge < -0.3 is 14.7 Å². The first-order valence-electron chi connectivity index (χ1n) is 29.8. The second-order valence-corrected chi connectivity index (χ2v) is 29.4. The first kappa shape index (κ1) is 59.7. The van der Waals surface area contributed by atoms with Crippen LogP contribution < -0.4 is 0 Å². The zero-order valence-electron chi connectivity index (χ0n) is 53.1. The van der Waals surface area contributed by atoms with Crippen molar-refractivity contribution in [3.05, 3.63) is 205 Å². The molecule has 2 N–H and O–H groups in total. The minimum absolute atomic E-state index is 0.103. The number of hydrogen-bond donors (Lipinski definition) is 2. The maximum Gasteiger partial charge on any atom is 0.338 e. The molecule has 0 atom stereocenters. The summed E-state index contributed by atoms with van der Waals surface area (Å²) in [5, 5.41) is 11.8. The van der Waals surface area contributed by atoms with Crippen LogP contribution in [0.1, 0.15) is 197 Å². The molecular weight excluding hydrogens is 1050 g/mol. The number of ether oxygens (including phenoxy) is 1. The molecule has 0 unspecified atom stereocenters. The molecule has 0 saturated heterocycles. The van der Waals surface area contributed by atoms with E-state index in [4.69, 9.17) is 14.7 Å².